The summed E-state index contributed by atoms with van der Waals surface area (Å²) in [6.07, 6.45) is 0.953. The normalized spacial score (nSPS) is 19.2. The Morgan fingerprint density at radius 2 is 2.41 bits per heavy atom. The first kappa shape index (κ1) is 12.6. The minimum absolute atomic E-state index is 0.322. The molecule has 1 aliphatic heterocycles. The highest BCUT2D eigenvalue weighted by Gasteiger charge is 2.19. The molecule has 1 aromatic carbocycles. The van der Waals surface area contributed by atoms with Gasteiger partial charge < -0.3 is 15.2 Å². The Labute approximate surface area is 114 Å². The summed E-state index contributed by atoms with van der Waals surface area (Å²) in [4.78, 5) is 11.8. The van der Waals surface area contributed by atoms with Crippen molar-refractivity contribution in [1.29, 1.82) is 0 Å². The largest absolute Gasteiger partial charge is 0.462 e. The molecule has 92 valence electrons. The van der Waals surface area contributed by atoms with Crippen LogP contribution in [0.2, 0.25) is 0 Å². The highest BCUT2D eigenvalue weighted by Crippen LogP contribution is 2.18. The molecule has 4 nitrogen and oxygen atoms in total. The lowest BCUT2D eigenvalue weighted by atomic mass is 10.1. The second-order valence-electron chi connectivity index (χ2n) is 4.06. The number of benzene rings is 1. The van der Waals surface area contributed by atoms with Crippen molar-refractivity contribution in [3.05, 3.63) is 27.3 Å². The summed E-state index contributed by atoms with van der Waals surface area (Å²) in [5.41, 5.74) is 6.64. The number of ether oxygens (including phenoxy) is 2. The third-order valence-corrected chi connectivity index (χ3v) is 3.38. The Bertz CT molecular complexity index is 416. The number of esters is 1. The molecule has 0 bridgehead atoms. The van der Waals surface area contributed by atoms with Crippen LogP contribution in [0.3, 0.4) is 0 Å². The van der Waals surface area contributed by atoms with Gasteiger partial charge in [-0.2, -0.15) is 0 Å². The minimum Gasteiger partial charge on any atom is -0.462 e. The summed E-state index contributed by atoms with van der Waals surface area (Å²) in [7, 11) is 0. The van der Waals surface area contributed by atoms with E-state index in [2.05, 4.69) is 22.6 Å². The van der Waals surface area contributed by atoms with Gasteiger partial charge in [0.05, 0.1) is 18.8 Å². The van der Waals surface area contributed by atoms with E-state index in [-0.39, 0.29) is 5.97 Å². The fraction of sp³-hybridized carbons (Fsp3) is 0.417. The van der Waals surface area contributed by atoms with Crippen LogP contribution in [0, 0.1) is 9.49 Å². The number of carbonyl (C=O) groups excluding carboxylic acids is 1. The molecule has 1 atom stereocenters. The summed E-state index contributed by atoms with van der Waals surface area (Å²) in [6, 6.07) is 5.32. The maximum atomic E-state index is 11.8. The number of hydrogen-bond acceptors (Lipinski definition) is 4. The van der Waals surface area contributed by atoms with Crippen LogP contribution < -0.4 is 5.73 Å². The molecule has 1 fully saturated rings. The Morgan fingerprint density at radius 1 is 1.59 bits per heavy atom. The van der Waals surface area contributed by atoms with Crippen LogP contribution >= 0.6 is 22.6 Å². The van der Waals surface area contributed by atoms with E-state index in [1.165, 1.54) is 0 Å². The summed E-state index contributed by atoms with van der Waals surface area (Å²) in [5.74, 6) is -0.0316. The van der Waals surface area contributed by atoms with E-state index in [4.69, 9.17) is 15.2 Å². The van der Waals surface area contributed by atoms with Crippen molar-refractivity contribution in [1.82, 2.24) is 0 Å². The molecule has 2 rings (SSSR count). The van der Waals surface area contributed by atoms with E-state index in [0.29, 0.717) is 30.4 Å². The Hall–Kier alpha value is -0.820. The highest BCUT2D eigenvalue weighted by molar-refractivity contribution is 14.1. The molecule has 5 heteroatoms. The molecule has 0 saturated carbocycles. The molecule has 1 aliphatic rings. The van der Waals surface area contributed by atoms with E-state index in [1.807, 2.05) is 6.07 Å². The highest BCUT2D eigenvalue weighted by atomic mass is 127. The summed E-state index contributed by atoms with van der Waals surface area (Å²) in [5, 5.41) is 0. The first-order valence-corrected chi connectivity index (χ1v) is 6.54. The van der Waals surface area contributed by atoms with E-state index in [0.717, 1.165) is 16.6 Å². The maximum absolute atomic E-state index is 11.8. The van der Waals surface area contributed by atoms with Gasteiger partial charge in [-0.25, -0.2) is 4.79 Å². The van der Waals surface area contributed by atoms with Gasteiger partial charge in [-0.15, -0.1) is 0 Å². The van der Waals surface area contributed by atoms with Crippen molar-refractivity contribution < 1.29 is 14.3 Å². The molecule has 0 amide bonds. The lowest BCUT2D eigenvalue weighted by molar-refractivity contribution is 0.0429. The quantitative estimate of drug-likeness (QED) is 0.517. The minimum atomic E-state index is -0.354. The van der Waals surface area contributed by atoms with Crippen LogP contribution in [0.5, 0.6) is 0 Å². The number of nitrogen functional groups attached to an aromatic ring is 1. The zero-order valence-corrected chi connectivity index (χ0v) is 11.5. The van der Waals surface area contributed by atoms with E-state index in [9.17, 15) is 4.79 Å². The predicted octanol–water partition coefficient (Wildman–Crippen LogP) is 2.07. The van der Waals surface area contributed by atoms with Gasteiger partial charge in [-0.05, 0) is 47.2 Å². The Morgan fingerprint density at radius 3 is 3.12 bits per heavy atom. The van der Waals surface area contributed by atoms with Crippen molar-refractivity contribution in [3.8, 4) is 0 Å². The van der Waals surface area contributed by atoms with Gasteiger partial charge in [-0.1, -0.05) is 0 Å². The van der Waals surface area contributed by atoms with Gasteiger partial charge in [0.15, 0.2) is 0 Å². The maximum Gasteiger partial charge on any atom is 0.340 e. The Kier molecular flexibility index (Phi) is 4.22. The topological polar surface area (TPSA) is 61.6 Å². The zero-order valence-electron chi connectivity index (χ0n) is 9.32. The van der Waals surface area contributed by atoms with Crippen molar-refractivity contribution in [2.75, 3.05) is 25.6 Å². The van der Waals surface area contributed by atoms with E-state index in [1.54, 1.807) is 12.1 Å². The smallest absolute Gasteiger partial charge is 0.340 e. The molecular weight excluding hydrogens is 333 g/mol. The molecule has 0 aromatic heterocycles. The predicted molar refractivity (Wildman–Crippen MR) is 72.8 cm³/mol. The molecule has 2 N–H and O–H groups in total. The molecule has 1 saturated heterocycles. The first-order chi connectivity index (χ1) is 8.16. The molecule has 1 aromatic rings. The third kappa shape index (κ3) is 3.32. The van der Waals surface area contributed by atoms with Gasteiger partial charge >= 0.3 is 5.97 Å². The fourth-order valence-corrected chi connectivity index (χ4v) is 2.18. The number of rotatable bonds is 3. The van der Waals surface area contributed by atoms with Crippen LogP contribution in [0.25, 0.3) is 0 Å². The monoisotopic (exact) mass is 347 g/mol. The van der Waals surface area contributed by atoms with Gasteiger partial charge in [0.25, 0.3) is 0 Å². The third-order valence-electron chi connectivity index (χ3n) is 2.71. The summed E-state index contributed by atoms with van der Waals surface area (Å²) >= 11 is 2.14. The van der Waals surface area contributed by atoms with Crippen molar-refractivity contribution in [2.24, 2.45) is 5.92 Å². The fourth-order valence-electron chi connectivity index (χ4n) is 1.69. The van der Waals surface area contributed by atoms with Gasteiger partial charge in [0, 0.05) is 21.8 Å². The van der Waals surface area contributed by atoms with E-state index < -0.39 is 0 Å². The number of halogens is 1. The second kappa shape index (κ2) is 5.68. The van der Waals surface area contributed by atoms with Crippen LogP contribution in [-0.4, -0.2) is 25.8 Å². The average molecular weight is 347 g/mol. The van der Waals surface area contributed by atoms with E-state index >= 15 is 0 Å². The van der Waals surface area contributed by atoms with Crippen molar-refractivity contribution >= 4 is 34.2 Å². The van der Waals surface area contributed by atoms with Gasteiger partial charge in [0.2, 0.25) is 0 Å². The number of hydrogen-bond donors (Lipinski definition) is 1. The summed E-state index contributed by atoms with van der Waals surface area (Å²) in [6.45, 7) is 1.84. The molecule has 1 heterocycles. The lowest BCUT2D eigenvalue weighted by Gasteiger charge is -2.10. The molecule has 0 spiro atoms. The van der Waals surface area contributed by atoms with Crippen molar-refractivity contribution in [3.63, 3.8) is 0 Å². The van der Waals surface area contributed by atoms with Gasteiger partial charge in [-0.3, -0.25) is 0 Å². The summed E-state index contributed by atoms with van der Waals surface area (Å²) < 4.78 is 11.4. The SMILES string of the molecule is Nc1ccc(I)cc1C(=O)OCC1CCOC1. The zero-order chi connectivity index (χ0) is 12.3. The number of nitrogens with two attached hydrogens (primary N) is 1. The standard InChI is InChI=1S/C12H14INO3/c13-9-1-2-11(14)10(5-9)12(15)17-7-8-3-4-16-6-8/h1-2,5,8H,3-4,6-7,14H2. The lowest BCUT2D eigenvalue weighted by Crippen LogP contribution is -2.15. The van der Waals surface area contributed by atoms with Crippen LogP contribution in [0.1, 0.15) is 16.8 Å². The first-order valence-electron chi connectivity index (χ1n) is 5.46. The number of anilines is 1. The molecule has 0 radical (unpaired) electrons. The average Bonchev–Trinajstić information content (AvgIpc) is 2.82. The van der Waals surface area contributed by atoms with Crippen LogP contribution in [-0.2, 0) is 9.47 Å². The second-order valence-corrected chi connectivity index (χ2v) is 5.31. The van der Waals surface area contributed by atoms with Gasteiger partial charge in [0.1, 0.15) is 0 Å². The van der Waals surface area contributed by atoms with Crippen LogP contribution in [0.15, 0.2) is 18.2 Å². The van der Waals surface area contributed by atoms with Crippen molar-refractivity contribution in [2.45, 2.75) is 6.42 Å². The molecule has 17 heavy (non-hydrogen) atoms. The number of carbonyl (C=O) groups is 1. The van der Waals surface area contributed by atoms with Crippen LogP contribution in [0.4, 0.5) is 5.69 Å². The Balaban J connectivity index is 1.96. The molecule has 0 aliphatic carbocycles. The molecular formula is C12H14INO3. The molecule has 1 unspecified atom stereocenters.